The Morgan fingerprint density at radius 3 is 2.15 bits per heavy atom. The Kier molecular flexibility index (Phi) is 3.68. The van der Waals surface area contributed by atoms with Crippen LogP contribution in [0.1, 0.15) is 13.3 Å². The average Bonchev–Trinajstić information content (AvgIpc) is 1.83. The SMILES string of the molecule is CCOC(=O)CC(O)(O)C(F)(F)F. The Bertz CT molecular complexity index is 187. The van der Waals surface area contributed by atoms with Crippen molar-refractivity contribution in [1.29, 1.82) is 0 Å². The van der Waals surface area contributed by atoms with Crippen LogP contribution in [0.3, 0.4) is 0 Å². The number of ether oxygens (including phenoxy) is 1. The van der Waals surface area contributed by atoms with E-state index in [1.54, 1.807) is 0 Å². The Hall–Kier alpha value is -0.820. The van der Waals surface area contributed by atoms with E-state index in [4.69, 9.17) is 10.2 Å². The number of carbonyl (C=O) groups is 1. The van der Waals surface area contributed by atoms with Gasteiger partial charge >= 0.3 is 12.1 Å². The Balaban J connectivity index is 4.26. The van der Waals surface area contributed by atoms with Gasteiger partial charge in [-0.25, -0.2) is 0 Å². The summed E-state index contributed by atoms with van der Waals surface area (Å²) in [5, 5.41) is 16.8. The molecular weight excluding hydrogens is 193 g/mol. The van der Waals surface area contributed by atoms with Crippen molar-refractivity contribution in [2.45, 2.75) is 25.3 Å². The number of hydrogen-bond donors (Lipinski definition) is 2. The molecule has 0 saturated carbocycles. The fourth-order valence-electron chi connectivity index (χ4n) is 0.514. The van der Waals surface area contributed by atoms with Crippen molar-refractivity contribution in [3.63, 3.8) is 0 Å². The van der Waals surface area contributed by atoms with Crippen molar-refractivity contribution < 1.29 is 32.9 Å². The summed E-state index contributed by atoms with van der Waals surface area (Å²) in [7, 11) is 0. The quantitative estimate of drug-likeness (QED) is 0.506. The van der Waals surface area contributed by atoms with Gasteiger partial charge in [0.2, 0.25) is 0 Å². The molecule has 0 amide bonds. The monoisotopic (exact) mass is 202 g/mol. The molecule has 0 bridgehead atoms. The summed E-state index contributed by atoms with van der Waals surface area (Å²) in [6.07, 6.45) is -6.79. The van der Waals surface area contributed by atoms with Gasteiger partial charge in [0, 0.05) is 0 Å². The highest BCUT2D eigenvalue weighted by molar-refractivity contribution is 5.70. The van der Waals surface area contributed by atoms with Gasteiger partial charge in [0.25, 0.3) is 5.79 Å². The van der Waals surface area contributed by atoms with Gasteiger partial charge in [0.1, 0.15) is 6.42 Å². The predicted molar refractivity (Wildman–Crippen MR) is 34.5 cm³/mol. The van der Waals surface area contributed by atoms with E-state index in [9.17, 15) is 18.0 Å². The van der Waals surface area contributed by atoms with Crippen LogP contribution in [-0.4, -0.2) is 34.8 Å². The molecule has 7 heteroatoms. The first kappa shape index (κ1) is 12.2. The lowest BCUT2D eigenvalue weighted by Gasteiger charge is -2.23. The lowest BCUT2D eigenvalue weighted by molar-refractivity contribution is -0.348. The highest BCUT2D eigenvalue weighted by atomic mass is 19.4. The lowest BCUT2D eigenvalue weighted by atomic mass is 10.2. The molecule has 0 fully saturated rings. The van der Waals surface area contributed by atoms with Crippen LogP contribution in [0.15, 0.2) is 0 Å². The van der Waals surface area contributed by atoms with Crippen molar-refractivity contribution in [3.8, 4) is 0 Å². The number of alkyl halides is 3. The van der Waals surface area contributed by atoms with Gasteiger partial charge in [-0.1, -0.05) is 0 Å². The van der Waals surface area contributed by atoms with Crippen molar-refractivity contribution in [1.82, 2.24) is 0 Å². The van der Waals surface area contributed by atoms with E-state index in [0.29, 0.717) is 0 Å². The molecule has 0 aliphatic carbocycles. The molecule has 0 atom stereocenters. The van der Waals surface area contributed by atoms with E-state index in [-0.39, 0.29) is 6.61 Å². The Morgan fingerprint density at radius 2 is 1.85 bits per heavy atom. The second-order valence-corrected chi connectivity index (χ2v) is 2.30. The molecule has 0 rings (SSSR count). The van der Waals surface area contributed by atoms with Gasteiger partial charge in [0.05, 0.1) is 6.61 Å². The summed E-state index contributed by atoms with van der Waals surface area (Å²) < 4.78 is 39.3. The molecular formula is C6H9F3O4. The molecule has 78 valence electrons. The maximum Gasteiger partial charge on any atom is 0.443 e. The normalized spacial score (nSPS) is 12.8. The minimum Gasteiger partial charge on any atom is -0.466 e. The zero-order valence-corrected chi connectivity index (χ0v) is 6.76. The van der Waals surface area contributed by atoms with Crippen LogP contribution < -0.4 is 0 Å². The van der Waals surface area contributed by atoms with Crippen molar-refractivity contribution >= 4 is 5.97 Å². The highest BCUT2D eigenvalue weighted by Crippen LogP contribution is 2.30. The standard InChI is InChI=1S/C6H9F3O4/c1-2-13-4(10)3-5(11,12)6(7,8)9/h11-12H,2-3H2,1H3. The van der Waals surface area contributed by atoms with Gasteiger partial charge in [-0.3, -0.25) is 4.79 Å². The van der Waals surface area contributed by atoms with Crippen molar-refractivity contribution in [3.05, 3.63) is 0 Å². The van der Waals surface area contributed by atoms with Crippen LogP contribution in [0.25, 0.3) is 0 Å². The smallest absolute Gasteiger partial charge is 0.443 e. The van der Waals surface area contributed by atoms with Crippen LogP contribution in [-0.2, 0) is 9.53 Å². The number of carbonyl (C=O) groups excluding carboxylic acids is 1. The molecule has 0 aromatic carbocycles. The fraction of sp³-hybridized carbons (Fsp3) is 0.833. The topological polar surface area (TPSA) is 66.8 Å². The molecule has 0 spiro atoms. The van der Waals surface area contributed by atoms with Gasteiger partial charge in [0.15, 0.2) is 0 Å². The maximum absolute atomic E-state index is 11.7. The van der Waals surface area contributed by atoms with Gasteiger partial charge in [-0.2, -0.15) is 13.2 Å². The van der Waals surface area contributed by atoms with Crippen LogP contribution in [0, 0.1) is 0 Å². The number of esters is 1. The molecule has 13 heavy (non-hydrogen) atoms. The summed E-state index contributed by atoms with van der Waals surface area (Å²) in [6, 6.07) is 0. The largest absolute Gasteiger partial charge is 0.466 e. The van der Waals surface area contributed by atoms with E-state index >= 15 is 0 Å². The summed E-state index contributed by atoms with van der Waals surface area (Å²) in [5.41, 5.74) is 0. The van der Waals surface area contributed by atoms with Crippen molar-refractivity contribution in [2.24, 2.45) is 0 Å². The van der Waals surface area contributed by atoms with Crippen LogP contribution >= 0.6 is 0 Å². The van der Waals surface area contributed by atoms with E-state index in [0.717, 1.165) is 0 Å². The third kappa shape index (κ3) is 3.60. The van der Waals surface area contributed by atoms with Gasteiger partial charge in [-0.05, 0) is 6.92 Å². The molecule has 2 N–H and O–H groups in total. The molecule has 4 nitrogen and oxygen atoms in total. The average molecular weight is 202 g/mol. The van der Waals surface area contributed by atoms with E-state index in [1.807, 2.05) is 0 Å². The second kappa shape index (κ2) is 3.93. The molecule has 0 heterocycles. The molecule has 0 radical (unpaired) electrons. The first-order chi connectivity index (χ1) is 5.70. The van der Waals surface area contributed by atoms with Crippen LogP contribution in [0.2, 0.25) is 0 Å². The molecule has 0 aliphatic heterocycles. The van der Waals surface area contributed by atoms with E-state index in [1.165, 1.54) is 6.92 Å². The number of hydrogen-bond acceptors (Lipinski definition) is 4. The van der Waals surface area contributed by atoms with Crippen LogP contribution in [0.5, 0.6) is 0 Å². The van der Waals surface area contributed by atoms with Gasteiger partial charge < -0.3 is 14.9 Å². The molecule has 0 aliphatic rings. The molecule has 0 aromatic rings. The number of rotatable bonds is 3. The first-order valence-corrected chi connectivity index (χ1v) is 3.38. The van der Waals surface area contributed by atoms with Crippen LogP contribution in [0.4, 0.5) is 13.2 Å². The Morgan fingerprint density at radius 1 is 1.38 bits per heavy atom. The zero-order chi connectivity index (χ0) is 10.7. The minimum atomic E-state index is -5.26. The summed E-state index contributed by atoms with van der Waals surface area (Å²) in [5.74, 6) is -5.33. The predicted octanol–water partition coefficient (Wildman–Crippen LogP) is 0.183. The molecule has 0 unspecified atom stereocenters. The summed E-state index contributed by atoms with van der Waals surface area (Å²) in [6.45, 7) is 1.27. The molecule has 0 saturated heterocycles. The zero-order valence-electron chi connectivity index (χ0n) is 6.76. The molecule has 0 aromatic heterocycles. The van der Waals surface area contributed by atoms with Crippen molar-refractivity contribution in [2.75, 3.05) is 6.61 Å². The van der Waals surface area contributed by atoms with E-state index < -0.39 is 24.4 Å². The second-order valence-electron chi connectivity index (χ2n) is 2.30. The minimum absolute atomic E-state index is 0.118. The maximum atomic E-state index is 11.7. The lowest BCUT2D eigenvalue weighted by Crippen LogP contribution is -2.46. The Labute approximate surface area is 71.9 Å². The number of halogens is 3. The van der Waals surface area contributed by atoms with Gasteiger partial charge in [-0.15, -0.1) is 0 Å². The fourth-order valence-corrected chi connectivity index (χ4v) is 0.514. The first-order valence-electron chi connectivity index (χ1n) is 3.38. The third-order valence-electron chi connectivity index (χ3n) is 1.15. The highest BCUT2D eigenvalue weighted by Gasteiger charge is 2.54. The number of aliphatic hydroxyl groups is 2. The van der Waals surface area contributed by atoms with E-state index in [2.05, 4.69) is 4.74 Å². The summed E-state index contributed by atoms with van der Waals surface area (Å²) >= 11 is 0. The summed E-state index contributed by atoms with van der Waals surface area (Å²) in [4.78, 5) is 10.5. The third-order valence-corrected chi connectivity index (χ3v) is 1.15.